The molecule has 2 heterocycles. The van der Waals surface area contributed by atoms with Crippen LogP contribution in [0.4, 0.5) is 0 Å². The van der Waals surface area contributed by atoms with E-state index in [1.54, 1.807) is 7.11 Å². The Morgan fingerprint density at radius 1 is 1.28 bits per heavy atom. The van der Waals surface area contributed by atoms with E-state index in [4.69, 9.17) is 14.2 Å². The van der Waals surface area contributed by atoms with Gasteiger partial charge in [0.05, 0.1) is 6.04 Å². The van der Waals surface area contributed by atoms with E-state index in [9.17, 15) is 4.79 Å². The number of rotatable bonds is 4. The lowest BCUT2D eigenvalue weighted by atomic mass is 9.90. The van der Waals surface area contributed by atoms with E-state index < -0.39 is 5.60 Å². The number of amides is 1. The van der Waals surface area contributed by atoms with Crippen molar-refractivity contribution >= 4 is 34.2 Å². The van der Waals surface area contributed by atoms with E-state index in [2.05, 4.69) is 26.6 Å². The second-order valence-corrected chi connectivity index (χ2v) is 7.02. The molecule has 0 aromatic heterocycles. The Kier molecular flexibility index (Phi) is 6.96. The van der Waals surface area contributed by atoms with Crippen molar-refractivity contribution in [3.05, 3.63) is 22.2 Å². The zero-order valence-electron chi connectivity index (χ0n) is 14.4. The van der Waals surface area contributed by atoms with Gasteiger partial charge in [-0.2, -0.15) is 0 Å². The molecule has 1 saturated heterocycles. The SMILES string of the molecule is COC1(C(=O)NC(C)c2cc3c(cc2Br)OCCO3)CCNCC1.Cl. The molecule has 1 fully saturated rings. The number of piperidine rings is 1. The van der Waals surface area contributed by atoms with Gasteiger partial charge in [0.1, 0.15) is 18.8 Å². The first kappa shape index (κ1) is 20.3. The van der Waals surface area contributed by atoms with Gasteiger partial charge >= 0.3 is 0 Å². The van der Waals surface area contributed by atoms with Crippen molar-refractivity contribution in [1.82, 2.24) is 10.6 Å². The van der Waals surface area contributed by atoms with Crippen molar-refractivity contribution in [1.29, 1.82) is 0 Å². The smallest absolute Gasteiger partial charge is 0.252 e. The minimum atomic E-state index is -0.750. The van der Waals surface area contributed by atoms with Crippen LogP contribution in [0.25, 0.3) is 0 Å². The van der Waals surface area contributed by atoms with E-state index in [0.717, 1.165) is 28.9 Å². The van der Waals surface area contributed by atoms with Gasteiger partial charge in [-0.1, -0.05) is 15.9 Å². The Hall–Kier alpha value is -1.02. The molecule has 2 aliphatic heterocycles. The Morgan fingerprint density at radius 2 is 1.88 bits per heavy atom. The molecule has 2 N–H and O–H groups in total. The highest BCUT2D eigenvalue weighted by atomic mass is 79.9. The molecule has 8 heteroatoms. The highest BCUT2D eigenvalue weighted by molar-refractivity contribution is 9.10. The molecule has 1 unspecified atom stereocenters. The first-order valence-corrected chi connectivity index (χ1v) is 9.01. The van der Waals surface area contributed by atoms with Crippen LogP contribution in [0.15, 0.2) is 16.6 Å². The molecule has 0 spiro atoms. The zero-order valence-corrected chi connectivity index (χ0v) is 16.8. The van der Waals surface area contributed by atoms with Crippen LogP contribution in [0.1, 0.15) is 31.4 Å². The number of carbonyl (C=O) groups is 1. The lowest BCUT2D eigenvalue weighted by molar-refractivity contribution is -0.147. The van der Waals surface area contributed by atoms with Crippen LogP contribution in [-0.4, -0.2) is 44.9 Å². The number of fused-ring (bicyclic) bond motifs is 1. The number of methoxy groups -OCH3 is 1. The summed E-state index contributed by atoms with van der Waals surface area (Å²) in [5.74, 6) is 1.37. The second-order valence-electron chi connectivity index (χ2n) is 6.16. The molecule has 140 valence electrons. The largest absolute Gasteiger partial charge is 0.486 e. The molecule has 1 amide bonds. The molecule has 0 radical (unpaired) electrons. The Morgan fingerprint density at radius 3 is 2.48 bits per heavy atom. The number of benzene rings is 1. The number of ether oxygens (including phenoxy) is 3. The number of hydrogen-bond donors (Lipinski definition) is 2. The summed E-state index contributed by atoms with van der Waals surface area (Å²) in [6.45, 7) is 4.61. The molecule has 1 atom stereocenters. The standard InChI is InChI=1S/C17H23BrN2O4.ClH/c1-11(20-16(21)17(22-2)3-5-19-6-4-17)12-9-14-15(10-13(12)18)24-8-7-23-14;/h9-11,19H,3-8H2,1-2H3,(H,20,21);1H. The molecular weight excluding hydrogens is 412 g/mol. The first-order valence-electron chi connectivity index (χ1n) is 8.21. The summed E-state index contributed by atoms with van der Waals surface area (Å²) in [5.41, 5.74) is 0.201. The van der Waals surface area contributed by atoms with Crippen molar-refractivity contribution in [2.45, 2.75) is 31.4 Å². The van der Waals surface area contributed by atoms with Crippen molar-refractivity contribution < 1.29 is 19.0 Å². The number of halogens is 2. The first-order chi connectivity index (χ1) is 11.6. The average Bonchev–Trinajstić information content (AvgIpc) is 2.61. The predicted octanol–water partition coefficient (Wildman–Crippen LogP) is 2.59. The van der Waals surface area contributed by atoms with E-state index in [1.165, 1.54) is 0 Å². The van der Waals surface area contributed by atoms with E-state index >= 15 is 0 Å². The number of nitrogens with one attached hydrogen (secondary N) is 2. The van der Waals surface area contributed by atoms with Crippen molar-refractivity contribution in [3.8, 4) is 11.5 Å². The zero-order chi connectivity index (χ0) is 17.2. The topological polar surface area (TPSA) is 68.8 Å². The average molecular weight is 436 g/mol. The summed E-state index contributed by atoms with van der Waals surface area (Å²) >= 11 is 3.56. The normalized spacial score (nSPS) is 19.5. The lowest BCUT2D eigenvalue weighted by Gasteiger charge is -2.36. The van der Waals surface area contributed by atoms with Gasteiger partial charge < -0.3 is 24.8 Å². The van der Waals surface area contributed by atoms with Gasteiger partial charge in [0.2, 0.25) is 0 Å². The van der Waals surface area contributed by atoms with Crippen LogP contribution in [0.2, 0.25) is 0 Å². The molecule has 0 bridgehead atoms. The Bertz CT molecular complexity index is 623. The van der Waals surface area contributed by atoms with Gasteiger partial charge in [-0.25, -0.2) is 0 Å². The van der Waals surface area contributed by atoms with Crippen LogP contribution in [0.5, 0.6) is 11.5 Å². The van der Waals surface area contributed by atoms with Gasteiger partial charge in [-0.05, 0) is 50.6 Å². The van der Waals surface area contributed by atoms with Crippen molar-refractivity contribution in [2.75, 3.05) is 33.4 Å². The van der Waals surface area contributed by atoms with Crippen LogP contribution in [0.3, 0.4) is 0 Å². The maximum absolute atomic E-state index is 12.8. The lowest BCUT2D eigenvalue weighted by Crippen LogP contribution is -2.54. The summed E-state index contributed by atoms with van der Waals surface area (Å²) in [5, 5.41) is 6.35. The monoisotopic (exact) mass is 434 g/mol. The third kappa shape index (κ3) is 4.22. The van der Waals surface area contributed by atoms with Gasteiger partial charge in [0.25, 0.3) is 5.91 Å². The van der Waals surface area contributed by atoms with Gasteiger partial charge in [0.15, 0.2) is 11.5 Å². The summed E-state index contributed by atoms with van der Waals surface area (Å²) < 4.78 is 17.7. The van der Waals surface area contributed by atoms with Gasteiger partial charge in [-0.3, -0.25) is 4.79 Å². The fourth-order valence-corrected chi connectivity index (χ4v) is 3.84. The van der Waals surface area contributed by atoms with E-state index in [-0.39, 0.29) is 24.4 Å². The summed E-state index contributed by atoms with van der Waals surface area (Å²) in [6.07, 6.45) is 1.34. The van der Waals surface area contributed by atoms with Crippen LogP contribution in [0, 0.1) is 0 Å². The molecule has 3 rings (SSSR count). The van der Waals surface area contributed by atoms with E-state index in [1.807, 2.05) is 19.1 Å². The third-order valence-corrected chi connectivity index (χ3v) is 5.38. The Labute approximate surface area is 162 Å². The van der Waals surface area contributed by atoms with Crippen molar-refractivity contribution in [2.24, 2.45) is 0 Å². The molecule has 2 aliphatic rings. The fourth-order valence-electron chi connectivity index (χ4n) is 3.17. The van der Waals surface area contributed by atoms with Crippen LogP contribution >= 0.6 is 28.3 Å². The maximum atomic E-state index is 12.8. The quantitative estimate of drug-likeness (QED) is 0.761. The van der Waals surface area contributed by atoms with E-state index in [0.29, 0.717) is 31.8 Å². The molecule has 0 aliphatic carbocycles. The fraction of sp³-hybridized carbons (Fsp3) is 0.588. The number of carbonyl (C=O) groups excluding carboxylic acids is 1. The molecule has 6 nitrogen and oxygen atoms in total. The molecule has 1 aromatic rings. The molecular formula is C17H24BrClN2O4. The third-order valence-electron chi connectivity index (χ3n) is 4.69. The highest BCUT2D eigenvalue weighted by Gasteiger charge is 2.40. The summed E-state index contributed by atoms with van der Waals surface area (Å²) in [6, 6.07) is 3.64. The summed E-state index contributed by atoms with van der Waals surface area (Å²) in [4.78, 5) is 12.8. The molecule has 1 aromatic carbocycles. The number of hydrogen-bond acceptors (Lipinski definition) is 5. The minimum Gasteiger partial charge on any atom is -0.486 e. The predicted molar refractivity (Wildman–Crippen MR) is 101 cm³/mol. The van der Waals surface area contributed by atoms with Crippen molar-refractivity contribution in [3.63, 3.8) is 0 Å². The minimum absolute atomic E-state index is 0. The van der Waals surface area contributed by atoms with Crippen LogP contribution < -0.4 is 20.1 Å². The summed E-state index contributed by atoms with van der Waals surface area (Å²) in [7, 11) is 1.61. The van der Waals surface area contributed by atoms with Gasteiger partial charge in [-0.15, -0.1) is 12.4 Å². The Balaban J connectivity index is 0.00000225. The maximum Gasteiger partial charge on any atom is 0.252 e. The molecule has 25 heavy (non-hydrogen) atoms. The van der Waals surface area contributed by atoms with Crippen LogP contribution in [-0.2, 0) is 9.53 Å². The van der Waals surface area contributed by atoms with Gasteiger partial charge in [0, 0.05) is 11.6 Å². The highest BCUT2D eigenvalue weighted by Crippen LogP contribution is 2.38. The second kappa shape index (κ2) is 8.58. The molecule has 0 saturated carbocycles.